The molecule has 1 atom stereocenters. The Morgan fingerprint density at radius 1 is 1.14 bits per heavy atom. The molecule has 0 aliphatic carbocycles. The Morgan fingerprint density at radius 3 is 2.59 bits per heavy atom. The second kappa shape index (κ2) is 11.3. The van der Waals surface area contributed by atoms with Crippen LogP contribution in [0, 0.1) is 0 Å². The first-order chi connectivity index (χ1) is 13.6. The van der Waals surface area contributed by atoms with Gasteiger partial charge in [0.1, 0.15) is 0 Å². The number of hydrogen-bond donors (Lipinski definition) is 2. The number of nitrogens with zero attached hydrogens (tertiary/aromatic N) is 2. The van der Waals surface area contributed by atoms with E-state index in [9.17, 15) is 0 Å². The highest BCUT2D eigenvalue weighted by Gasteiger charge is 2.20. The van der Waals surface area contributed by atoms with Crippen molar-refractivity contribution in [1.82, 2.24) is 10.2 Å². The molecule has 2 aromatic rings. The van der Waals surface area contributed by atoms with Crippen molar-refractivity contribution in [1.29, 1.82) is 0 Å². The third kappa shape index (κ3) is 6.24. The van der Waals surface area contributed by atoms with Gasteiger partial charge in [-0.1, -0.05) is 30.3 Å². The minimum absolute atomic E-state index is 0. The van der Waals surface area contributed by atoms with Crippen molar-refractivity contribution >= 4 is 29.9 Å². The van der Waals surface area contributed by atoms with E-state index in [2.05, 4.69) is 46.4 Å². The number of hydrogen-bond acceptors (Lipinski definition) is 4. The third-order valence-electron chi connectivity index (χ3n) is 5.24. The van der Waals surface area contributed by atoms with Crippen LogP contribution in [0.4, 0.5) is 0 Å². The Balaban J connectivity index is 0.00000300. The molecule has 158 valence electrons. The zero-order chi connectivity index (χ0) is 19.9. The van der Waals surface area contributed by atoms with E-state index in [4.69, 9.17) is 15.2 Å². The summed E-state index contributed by atoms with van der Waals surface area (Å²) in [5.41, 5.74) is 9.98. The quantitative estimate of drug-likeness (QED) is 0.340. The molecule has 1 aliphatic rings. The summed E-state index contributed by atoms with van der Waals surface area (Å²) in [6.45, 7) is 5.54. The zero-order valence-corrected chi connectivity index (χ0v) is 19.7. The first-order valence-corrected chi connectivity index (χ1v) is 9.66. The summed E-state index contributed by atoms with van der Waals surface area (Å²) in [5.74, 6) is 1.86. The van der Waals surface area contributed by atoms with Crippen molar-refractivity contribution in [3.63, 3.8) is 0 Å². The summed E-state index contributed by atoms with van der Waals surface area (Å²) in [6.07, 6.45) is 1.10. The van der Waals surface area contributed by atoms with Gasteiger partial charge in [0.2, 0.25) is 0 Å². The van der Waals surface area contributed by atoms with Gasteiger partial charge in [-0.25, -0.2) is 4.99 Å². The molecule has 29 heavy (non-hydrogen) atoms. The van der Waals surface area contributed by atoms with Crippen LogP contribution in [0.2, 0.25) is 0 Å². The molecule has 0 bridgehead atoms. The van der Waals surface area contributed by atoms with E-state index in [1.54, 1.807) is 14.2 Å². The number of nitrogens with two attached hydrogens (primary N) is 1. The molecule has 0 amide bonds. The molecule has 3 rings (SSSR count). The minimum Gasteiger partial charge on any atom is -0.493 e. The van der Waals surface area contributed by atoms with Gasteiger partial charge in [0.15, 0.2) is 17.5 Å². The fraction of sp³-hybridized carbons (Fsp3) is 0.409. The van der Waals surface area contributed by atoms with Crippen molar-refractivity contribution in [3.05, 3.63) is 59.2 Å². The van der Waals surface area contributed by atoms with Gasteiger partial charge in [0.25, 0.3) is 0 Å². The van der Waals surface area contributed by atoms with Crippen molar-refractivity contribution in [3.8, 4) is 11.5 Å². The SMILES string of the molecule is COc1ccc(CN=C(N)NCC(C)N2CCc3ccccc3C2)cc1OC.I. The number of benzene rings is 2. The molecule has 1 unspecified atom stereocenters. The third-order valence-corrected chi connectivity index (χ3v) is 5.24. The summed E-state index contributed by atoms with van der Waals surface area (Å²) in [7, 11) is 3.25. The second-order valence-corrected chi connectivity index (χ2v) is 7.11. The molecule has 3 N–H and O–H groups in total. The first kappa shape index (κ1) is 23.3. The van der Waals surface area contributed by atoms with Crippen molar-refractivity contribution in [2.24, 2.45) is 10.7 Å². The van der Waals surface area contributed by atoms with Crippen LogP contribution in [-0.2, 0) is 19.5 Å². The number of halogens is 1. The Kier molecular flexibility index (Phi) is 9.03. The Hall–Kier alpha value is -2.00. The normalized spacial score (nSPS) is 15.1. The topological polar surface area (TPSA) is 72.1 Å². The number of guanidine groups is 1. The molecule has 1 aliphatic heterocycles. The monoisotopic (exact) mass is 510 g/mol. The maximum Gasteiger partial charge on any atom is 0.188 e. The number of aliphatic imine (C=N–C) groups is 1. The average molecular weight is 510 g/mol. The van der Waals surface area contributed by atoms with Crippen molar-refractivity contribution in [2.45, 2.75) is 32.5 Å². The van der Waals surface area contributed by atoms with E-state index < -0.39 is 0 Å². The fourth-order valence-corrected chi connectivity index (χ4v) is 3.49. The first-order valence-electron chi connectivity index (χ1n) is 9.66. The number of fused-ring (bicyclic) bond motifs is 1. The molecule has 0 saturated carbocycles. The molecule has 0 spiro atoms. The van der Waals surface area contributed by atoms with E-state index in [1.165, 1.54) is 11.1 Å². The van der Waals surface area contributed by atoms with Gasteiger partial charge >= 0.3 is 0 Å². The lowest BCUT2D eigenvalue weighted by Crippen LogP contribution is -2.46. The average Bonchev–Trinajstić information content (AvgIpc) is 2.75. The number of ether oxygens (including phenoxy) is 2. The minimum atomic E-state index is 0. The van der Waals surface area contributed by atoms with E-state index in [-0.39, 0.29) is 24.0 Å². The predicted octanol–water partition coefficient (Wildman–Crippen LogP) is 3.17. The van der Waals surface area contributed by atoms with Gasteiger partial charge < -0.3 is 20.5 Å². The van der Waals surface area contributed by atoms with E-state index in [0.717, 1.165) is 31.6 Å². The van der Waals surface area contributed by atoms with Gasteiger partial charge in [0, 0.05) is 25.7 Å². The lowest BCUT2D eigenvalue weighted by Gasteiger charge is -2.33. The highest BCUT2D eigenvalue weighted by atomic mass is 127. The molecule has 0 saturated heterocycles. The Labute approximate surface area is 190 Å². The van der Waals surface area contributed by atoms with Gasteiger partial charge in [-0.15, -0.1) is 24.0 Å². The molecule has 0 aromatic heterocycles. The van der Waals surface area contributed by atoms with Crippen LogP contribution in [0.25, 0.3) is 0 Å². The maximum atomic E-state index is 6.07. The van der Waals surface area contributed by atoms with Crippen molar-refractivity contribution < 1.29 is 9.47 Å². The van der Waals surface area contributed by atoms with Crippen LogP contribution in [0.15, 0.2) is 47.5 Å². The second-order valence-electron chi connectivity index (χ2n) is 7.11. The van der Waals surface area contributed by atoms with Crippen LogP contribution in [0.3, 0.4) is 0 Å². The Bertz CT molecular complexity index is 828. The lowest BCUT2D eigenvalue weighted by atomic mass is 9.99. The highest BCUT2D eigenvalue weighted by molar-refractivity contribution is 14.0. The molecule has 1 heterocycles. The van der Waals surface area contributed by atoms with Gasteiger partial charge in [-0.05, 0) is 42.2 Å². The van der Waals surface area contributed by atoms with Gasteiger partial charge in [-0.2, -0.15) is 0 Å². The molecular formula is C22H31IN4O2. The summed E-state index contributed by atoms with van der Waals surface area (Å²) >= 11 is 0. The fourth-order valence-electron chi connectivity index (χ4n) is 3.49. The molecule has 0 fully saturated rings. The van der Waals surface area contributed by atoms with E-state index in [0.29, 0.717) is 30.0 Å². The molecular weight excluding hydrogens is 479 g/mol. The summed E-state index contributed by atoms with van der Waals surface area (Å²) < 4.78 is 10.6. The van der Waals surface area contributed by atoms with Crippen LogP contribution >= 0.6 is 24.0 Å². The maximum absolute atomic E-state index is 6.07. The van der Waals surface area contributed by atoms with Crippen LogP contribution in [0.5, 0.6) is 11.5 Å². The van der Waals surface area contributed by atoms with E-state index >= 15 is 0 Å². The lowest BCUT2D eigenvalue weighted by molar-refractivity contribution is 0.191. The zero-order valence-electron chi connectivity index (χ0n) is 17.4. The van der Waals surface area contributed by atoms with Crippen LogP contribution in [0.1, 0.15) is 23.6 Å². The molecule has 0 radical (unpaired) electrons. The van der Waals surface area contributed by atoms with Gasteiger partial charge in [-0.3, -0.25) is 4.90 Å². The van der Waals surface area contributed by atoms with Crippen molar-refractivity contribution in [2.75, 3.05) is 27.3 Å². The number of rotatable bonds is 7. The smallest absolute Gasteiger partial charge is 0.188 e. The van der Waals surface area contributed by atoms with Crippen LogP contribution in [-0.4, -0.2) is 44.2 Å². The summed E-state index contributed by atoms with van der Waals surface area (Å²) in [6, 6.07) is 14.8. The van der Waals surface area contributed by atoms with Gasteiger partial charge in [0.05, 0.1) is 20.8 Å². The summed E-state index contributed by atoms with van der Waals surface area (Å²) in [4.78, 5) is 6.93. The molecule has 6 nitrogen and oxygen atoms in total. The predicted molar refractivity (Wildman–Crippen MR) is 128 cm³/mol. The Morgan fingerprint density at radius 2 is 1.86 bits per heavy atom. The highest BCUT2D eigenvalue weighted by Crippen LogP contribution is 2.27. The largest absolute Gasteiger partial charge is 0.493 e. The number of methoxy groups -OCH3 is 2. The van der Waals surface area contributed by atoms with Crippen LogP contribution < -0.4 is 20.5 Å². The molecule has 2 aromatic carbocycles. The molecule has 7 heteroatoms. The number of nitrogens with one attached hydrogen (secondary N) is 1. The standard InChI is InChI=1S/C22H30N4O2.HI/c1-16(26-11-10-18-6-4-5-7-19(18)15-26)13-24-22(23)25-14-17-8-9-20(27-2)21(12-17)28-3;/h4-9,12,16H,10-11,13-15H2,1-3H3,(H3,23,24,25);1H. The van der Waals surface area contributed by atoms with E-state index in [1.807, 2.05) is 18.2 Å². The summed E-state index contributed by atoms with van der Waals surface area (Å²) in [5, 5.41) is 3.26.